The molecule has 2 N–H and O–H groups in total. The highest BCUT2D eigenvalue weighted by Gasteiger charge is 2.53. The third-order valence-corrected chi connectivity index (χ3v) is 56.7. The van der Waals surface area contributed by atoms with Crippen LogP contribution in [0.15, 0.2) is 80.3 Å². The average molecular weight is 2280 g/mol. The number of hydrogen-bond acceptors (Lipinski definition) is 28. The molecule has 4 amide bonds. The van der Waals surface area contributed by atoms with Crippen molar-refractivity contribution >= 4 is 159 Å². The molecule has 9 heterocycles. The Morgan fingerprint density at radius 3 is 1.21 bits per heavy atom. The number of imidazole rings is 3. The number of pyridine rings is 1. The van der Waals surface area contributed by atoms with Gasteiger partial charge in [0, 0.05) is 57.9 Å². The minimum Gasteiger partial charge on any atom is -0.444 e. The van der Waals surface area contributed by atoms with E-state index in [1.165, 1.54) is 46.9 Å². The number of carbonyl (C=O) groups is 4. The van der Waals surface area contributed by atoms with Crippen molar-refractivity contribution in [2.45, 2.75) is 406 Å². The van der Waals surface area contributed by atoms with Crippen LogP contribution in [0.4, 0.5) is 56.3 Å². The van der Waals surface area contributed by atoms with Gasteiger partial charge in [0.05, 0.1) is 92.3 Å². The summed E-state index contributed by atoms with van der Waals surface area (Å²) in [7, 11) is -12.7. The number of nitro benzene ring substituents is 2. The van der Waals surface area contributed by atoms with E-state index in [4.69, 9.17) is 55.0 Å². The second-order valence-corrected chi connectivity index (χ2v) is 80.1. The van der Waals surface area contributed by atoms with Crippen molar-refractivity contribution in [3.63, 3.8) is 0 Å². The molecule has 3 fully saturated rings. The van der Waals surface area contributed by atoms with Crippen LogP contribution in [0.25, 0.3) is 33.5 Å². The molecule has 11 rings (SSSR count). The van der Waals surface area contributed by atoms with E-state index in [0.717, 1.165) is 6.07 Å². The molecule has 9 atom stereocenters. The number of halogens is 4. The SMILES string of the molecule is CC(C)(C)OC(=O)N(Cc1ccc(C#CCNC(=O)C(F)(F)F)cc1[N+](=O)[O-])c1ccnc2c1ncn2[C@H]1C[C@@H](O[Si](C)(C)C(C)(C)C)[C@@H](CO[Si](C)(C)C(C)(C)C)O1.CC(C)(C)OC(=O)N(Cc1ccc(I)cc1[N+](=O)[O-])c1ncnc2c1ncn2[C@H]1C[C@@H](O[Si](C)(C)C(C)(C)C)[C@@H](CO[Si](C)(C)C(C)(C)C)O1.CC(C)(C)OC(=O)Nc1ncnc2c1ncn2[C@H]1C[C@@H](O[Si](C)(C)C(C)(C)C)[C@@H](CO[Si](C)(C)C(C)(C)C)O1. The number of rotatable bonds is 28. The van der Waals surface area contributed by atoms with E-state index in [1.807, 2.05) is 52.5 Å². The summed E-state index contributed by atoms with van der Waals surface area (Å²) in [6.07, 6.45) is 0.747. The molecule has 2 aromatic carbocycles. The summed E-state index contributed by atoms with van der Waals surface area (Å²) >= 11 is 2.02. The van der Waals surface area contributed by atoms with Crippen LogP contribution in [-0.2, 0) is 72.9 Å². The van der Waals surface area contributed by atoms with Crippen LogP contribution in [0.3, 0.4) is 0 Å². The topological polar surface area (TPSA) is 414 Å². The van der Waals surface area contributed by atoms with Crippen LogP contribution in [0.5, 0.6) is 0 Å². The molecule has 3 saturated heterocycles. The molecule has 37 nitrogen and oxygen atoms in total. The summed E-state index contributed by atoms with van der Waals surface area (Å²) in [4.78, 5) is 113. The molecule has 0 unspecified atom stereocenters. The van der Waals surface area contributed by atoms with Gasteiger partial charge >= 0.3 is 30.4 Å². The van der Waals surface area contributed by atoms with Crippen LogP contribution in [0.2, 0.25) is 109 Å². The van der Waals surface area contributed by atoms with Crippen LogP contribution in [0.1, 0.15) is 242 Å². The normalized spacial score (nSPS) is 19.3. The molecule has 0 aliphatic carbocycles. The fourth-order valence-electron chi connectivity index (χ4n) is 14.4. The fourth-order valence-corrected chi connectivity index (χ4v) is 22.0. The highest BCUT2D eigenvalue weighted by Crippen LogP contribution is 2.50. The summed E-state index contributed by atoms with van der Waals surface area (Å²) in [6.45, 7) is 82.5. The van der Waals surface area contributed by atoms with Gasteiger partial charge in [0.1, 0.15) is 72.0 Å². The van der Waals surface area contributed by atoms with Crippen LogP contribution < -0.4 is 20.4 Å². The highest BCUT2D eigenvalue weighted by atomic mass is 127. The first-order valence-corrected chi connectivity index (χ1v) is 68.5. The molecule has 0 radical (unpaired) electrons. The van der Waals surface area contributed by atoms with Gasteiger partial charge in [0.25, 0.3) is 11.4 Å². The molecule has 3 aliphatic heterocycles. The number of alkyl halides is 3. The maximum absolute atomic E-state index is 13.9. The third-order valence-electron chi connectivity index (χ3n) is 29.0. The van der Waals surface area contributed by atoms with Crippen molar-refractivity contribution in [2.24, 2.45) is 0 Å². The molecule has 0 spiro atoms. The number of anilines is 3. The number of fused-ring (bicyclic) bond motifs is 3. The Hall–Kier alpha value is -8.74. The Morgan fingerprint density at radius 2 is 0.818 bits per heavy atom. The second-order valence-electron chi connectivity index (χ2n) is 50.2. The van der Waals surface area contributed by atoms with E-state index in [-0.39, 0.29) is 120 Å². The van der Waals surface area contributed by atoms with Crippen molar-refractivity contribution in [2.75, 3.05) is 41.5 Å². The van der Waals surface area contributed by atoms with Crippen LogP contribution in [0, 0.1) is 35.6 Å². The third kappa shape index (κ3) is 31.3. The Morgan fingerprint density at radius 1 is 0.459 bits per heavy atom. The summed E-state index contributed by atoms with van der Waals surface area (Å²) in [6, 6.07) is 10.4. The molecule has 8 aromatic rings. The van der Waals surface area contributed by atoms with E-state index >= 15 is 0 Å². The second kappa shape index (κ2) is 45.9. The molecule has 148 heavy (non-hydrogen) atoms. The molecular formula is C101H159F3IN17O20Si6. The summed E-state index contributed by atoms with van der Waals surface area (Å²) in [5, 5.41) is 28.8. The van der Waals surface area contributed by atoms with Gasteiger partial charge in [0.15, 0.2) is 89.5 Å². The molecule has 47 heteroatoms. The van der Waals surface area contributed by atoms with Gasteiger partial charge in [-0.3, -0.25) is 53.8 Å². The summed E-state index contributed by atoms with van der Waals surface area (Å²) in [5.74, 6) is 3.19. The van der Waals surface area contributed by atoms with Crippen molar-refractivity contribution in [3.05, 3.63) is 121 Å². The van der Waals surface area contributed by atoms with E-state index < -0.39 is 132 Å². The predicted molar refractivity (Wildman–Crippen MR) is 589 cm³/mol. The van der Waals surface area contributed by atoms with Gasteiger partial charge in [-0.1, -0.05) is 136 Å². The maximum Gasteiger partial charge on any atom is 0.471 e. The Bertz CT molecular complexity index is 6110. The van der Waals surface area contributed by atoms with Crippen LogP contribution >= 0.6 is 22.6 Å². The minimum atomic E-state index is -5.07. The zero-order chi connectivity index (χ0) is 112. The molecule has 3 aliphatic rings. The monoisotopic (exact) mass is 2280 g/mol. The van der Waals surface area contributed by atoms with E-state index in [2.05, 4.69) is 260 Å². The lowest BCUT2D eigenvalue weighted by Crippen LogP contribution is -2.48. The Kier molecular flexibility index (Phi) is 38.1. The zero-order valence-electron chi connectivity index (χ0n) is 94.0. The van der Waals surface area contributed by atoms with Gasteiger partial charge < -0.3 is 60.3 Å². The van der Waals surface area contributed by atoms with Gasteiger partial charge in [-0.15, -0.1) is 0 Å². The van der Waals surface area contributed by atoms with Crippen molar-refractivity contribution in [3.8, 4) is 11.8 Å². The number of hydrogen-bond donors (Lipinski definition) is 2. The lowest BCUT2D eigenvalue weighted by Gasteiger charge is -2.40. The first-order chi connectivity index (χ1) is 67.3. The largest absolute Gasteiger partial charge is 0.471 e. The van der Waals surface area contributed by atoms with Gasteiger partial charge in [-0.2, -0.15) is 13.2 Å². The highest BCUT2D eigenvalue weighted by molar-refractivity contribution is 14.1. The number of benzene rings is 2. The minimum absolute atomic E-state index is 0.00300. The Balaban J connectivity index is 0.000000252. The summed E-state index contributed by atoms with van der Waals surface area (Å²) < 4.78 is 122. The molecule has 0 saturated carbocycles. The van der Waals surface area contributed by atoms with E-state index in [9.17, 15) is 52.6 Å². The molecular weight excluding hydrogens is 2120 g/mol. The van der Waals surface area contributed by atoms with E-state index in [1.54, 1.807) is 88.6 Å². The van der Waals surface area contributed by atoms with Gasteiger partial charge in [-0.05, 0) is 224 Å². The predicted octanol–water partition coefficient (Wildman–Crippen LogP) is 24.9. The van der Waals surface area contributed by atoms with Gasteiger partial charge in [-0.25, -0.2) is 54.3 Å². The number of carbonyl (C=O) groups excluding carboxylic acids is 4. The van der Waals surface area contributed by atoms with Crippen molar-refractivity contribution < 1.29 is 97.2 Å². The lowest BCUT2D eigenvalue weighted by molar-refractivity contribution is -0.385. The number of nitrogens with zero attached hydrogens (tertiary/aromatic N) is 15. The quantitative estimate of drug-likeness (QED) is 0.0115. The first kappa shape index (κ1) is 123. The number of amides is 4. The van der Waals surface area contributed by atoms with Gasteiger partial charge in [0.2, 0.25) is 0 Å². The molecule has 820 valence electrons. The molecule has 0 bridgehead atoms. The van der Waals surface area contributed by atoms with Crippen molar-refractivity contribution in [1.82, 2.24) is 58.9 Å². The fraction of sp³-hybridized carbons (Fsp3) is 0.663. The Labute approximate surface area is 889 Å². The molecule has 6 aromatic heterocycles. The lowest BCUT2D eigenvalue weighted by atomic mass is 10.1. The first-order valence-electron chi connectivity index (χ1n) is 50.0. The van der Waals surface area contributed by atoms with Crippen LogP contribution in [-0.4, -0.2) is 223 Å². The summed E-state index contributed by atoms with van der Waals surface area (Å²) in [5.41, 5.74) is 0.412. The number of ether oxygens (including phenoxy) is 6. The van der Waals surface area contributed by atoms with Crippen molar-refractivity contribution in [1.29, 1.82) is 0 Å². The maximum atomic E-state index is 13.9. The van der Waals surface area contributed by atoms with E-state index in [0.29, 0.717) is 81.7 Å². The zero-order valence-corrected chi connectivity index (χ0v) is 102. The number of aromatic nitrogens is 11. The standard InChI is InChI=1S/C40H57F3N6O8Si2.C34H53IN6O7Si2.C27H49N5O5Si2/c1-37(2,3)56-36(51)47(23-27-17-16-26(21-29(27)49(52)53)15-14-19-45-35(50)40(41,42)43)28-18-20-44-34-33(28)46-25-48(34)32-22-30(57-59(12,13)39(7,8)9)31(55-32)24-54-58(10,11)38(4,5)6;1-32(2,3)47-31(42)39(18-22-14-15-23(35)16-24(22)41(43)44)29-28-30(37-20-36-29)40(21-38-28)27-17-25(48-50(12,13)34(7,8)9)26(46-27)19-45-49(10,11)33(4,5)6;1-25(2,3)36-24(33)31-22-21-23(29-16-28-22)32(17-30-21)20-14-18(37-39(12,13)27(7,8)9)19(35-20)15-34-38(10,11)26(4,5)6/h16-18,20-21,25,30-32H,19,22-24H2,1-13H3,(H,45,50);14-16,20-21,25-27H,17-19H2,1-13H3;16-20H,14-15H2,1-13H3,(H,28,29,31,33)/t30-,31-,32-;25-,26-,27-;18-,19-,20-/m111/s1. The number of nitrogens with one attached hydrogen (secondary N) is 2. The average Bonchev–Trinajstić information content (AvgIpc) is 1.60. The number of nitro groups is 2. The smallest absolute Gasteiger partial charge is 0.444 e.